The van der Waals surface area contributed by atoms with Gasteiger partial charge >= 0.3 is 5.97 Å². The molecule has 1 rings (SSSR count). The van der Waals surface area contributed by atoms with E-state index in [9.17, 15) is 9.59 Å². The van der Waals surface area contributed by atoms with Crippen LogP contribution < -0.4 is 11.1 Å². The molecule has 0 fully saturated rings. The van der Waals surface area contributed by atoms with Crippen LogP contribution in [-0.2, 0) is 9.59 Å². The van der Waals surface area contributed by atoms with E-state index >= 15 is 0 Å². The number of nitrogens with two attached hydrogens (primary N) is 1. The molecular weight excluding hydrogens is 288 g/mol. The molecule has 5 nitrogen and oxygen atoms in total. The molecule has 0 aromatic heterocycles. The van der Waals surface area contributed by atoms with Crippen LogP contribution in [0.5, 0.6) is 0 Å². The predicted octanol–water partition coefficient (Wildman–Crippen LogP) is 1.79. The lowest BCUT2D eigenvalue weighted by Gasteiger charge is -2.28. The molecular formula is C15H22N2O3S. The zero-order valence-corrected chi connectivity index (χ0v) is 13.3. The minimum absolute atomic E-state index is 0.0874. The largest absolute Gasteiger partial charge is 0.480 e. The zero-order chi connectivity index (χ0) is 16.0. The molecule has 6 heteroatoms. The Morgan fingerprint density at radius 2 is 1.90 bits per heavy atom. The summed E-state index contributed by atoms with van der Waals surface area (Å²) in [6, 6.07) is 8.55. The second kappa shape index (κ2) is 7.47. The Bertz CT molecular complexity index is 491. The van der Waals surface area contributed by atoms with Crippen molar-refractivity contribution in [1.29, 1.82) is 0 Å². The Morgan fingerprint density at radius 1 is 1.33 bits per heavy atom. The number of benzene rings is 1. The van der Waals surface area contributed by atoms with E-state index in [1.807, 2.05) is 37.3 Å². The first-order valence-corrected chi connectivity index (χ1v) is 7.69. The van der Waals surface area contributed by atoms with E-state index < -0.39 is 16.8 Å². The van der Waals surface area contributed by atoms with Crippen molar-refractivity contribution in [2.24, 2.45) is 5.73 Å². The molecule has 2 atom stereocenters. The van der Waals surface area contributed by atoms with E-state index in [0.717, 1.165) is 5.56 Å². The summed E-state index contributed by atoms with van der Waals surface area (Å²) in [5.41, 5.74) is 6.65. The summed E-state index contributed by atoms with van der Waals surface area (Å²) >= 11 is 1.24. The van der Waals surface area contributed by atoms with Gasteiger partial charge in [-0.05, 0) is 26.3 Å². The van der Waals surface area contributed by atoms with Crippen LogP contribution in [0.15, 0.2) is 30.3 Å². The summed E-state index contributed by atoms with van der Waals surface area (Å²) < 4.78 is -0.709. The molecule has 1 aromatic carbocycles. The monoisotopic (exact) mass is 310 g/mol. The molecule has 0 bridgehead atoms. The van der Waals surface area contributed by atoms with E-state index in [1.54, 1.807) is 13.8 Å². The minimum atomic E-state index is -1.06. The van der Waals surface area contributed by atoms with E-state index in [0.29, 0.717) is 0 Å². The molecule has 0 saturated heterocycles. The van der Waals surface area contributed by atoms with Gasteiger partial charge in [0.25, 0.3) is 0 Å². The SMILES string of the molecule is CC(NC(=O)CSC(C)(C)[C@@H](N)C(=O)O)c1ccccc1. The van der Waals surface area contributed by atoms with Crippen molar-refractivity contribution in [3.63, 3.8) is 0 Å². The lowest BCUT2D eigenvalue weighted by Crippen LogP contribution is -2.47. The van der Waals surface area contributed by atoms with Crippen molar-refractivity contribution >= 4 is 23.6 Å². The van der Waals surface area contributed by atoms with Crippen LogP contribution in [-0.4, -0.2) is 33.5 Å². The molecule has 0 spiro atoms. The molecule has 0 aliphatic heterocycles. The molecule has 21 heavy (non-hydrogen) atoms. The number of aliphatic carboxylic acids is 1. The number of carbonyl (C=O) groups is 2. The van der Waals surface area contributed by atoms with E-state index in [-0.39, 0.29) is 17.7 Å². The standard InChI is InChI=1S/C15H22N2O3S/c1-10(11-7-5-4-6-8-11)17-12(18)9-21-15(2,3)13(16)14(19)20/h4-8,10,13H,9,16H2,1-3H3,(H,17,18)(H,19,20)/t10?,13-/m0/s1. The molecule has 0 saturated carbocycles. The third kappa shape index (κ3) is 5.40. The summed E-state index contributed by atoms with van der Waals surface area (Å²) in [5.74, 6) is -1.03. The van der Waals surface area contributed by atoms with Crippen LogP contribution in [0.1, 0.15) is 32.4 Å². The lowest BCUT2D eigenvalue weighted by molar-refractivity contribution is -0.139. The van der Waals surface area contributed by atoms with Crippen LogP contribution in [0.3, 0.4) is 0 Å². The van der Waals surface area contributed by atoms with Gasteiger partial charge in [-0.15, -0.1) is 11.8 Å². The number of hydrogen-bond acceptors (Lipinski definition) is 4. The average Bonchev–Trinajstić information content (AvgIpc) is 2.45. The minimum Gasteiger partial charge on any atom is -0.480 e. The maximum atomic E-state index is 11.9. The molecule has 0 aliphatic carbocycles. The number of nitrogens with one attached hydrogen (secondary N) is 1. The van der Waals surface area contributed by atoms with Gasteiger partial charge in [0.2, 0.25) is 5.91 Å². The number of carbonyl (C=O) groups excluding carboxylic acids is 1. The fourth-order valence-corrected chi connectivity index (χ4v) is 2.61. The topological polar surface area (TPSA) is 92.4 Å². The first-order valence-electron chi connectivity index (χ1n) is 6.70. The van der Waals surface area contributed by atoms with Crippen molar-refractivity contribution in [2.75, 3.05) is 5.75 Å². The molecule has 1 amide bonds. The fourth-order valence-electron chi connectivity index (χ4n) is 1.75. The second-order valence-corrected chi connectivity index (χ2v) is 7.04. The highest BCUT2D eigenvalue weighted by Crippen LogP contribution is 2.27. The highest BCUT2D eigenvalue weighted by Gasteiger charge is 2.33. The second-order valence-electron chi connectivity index (χ2n) is 5.41. The molecule has 4 N–H and O–H groups in total. The first-order chi connectivity index (χ1) is 9.74. The van der Waals surface area contributed by atoms with Gasteiger partial charge in [-0.2, -0.15) is 0 Å². The van der Waals surface area contributed by atoms with Gasteiger partial charge in [0.15, 0.2) is 0 Å². The maximum absolute atomic E-state index is 11.9. The van der Waals surface area contributed by atoms with Gasteiger partial charge < -0.3 is 16.2 Å². The van der Waals surface area contributed by atoms with Crippen molar-refractivity contribution in [3.05, 3.63) is 35.9 Å². The normalized spacial score (nSPS) is 14.3. The molecule has 0 radical (unpaired) electrons. The van der Waals surface area contributed by atoms with Crippen molar-refractivity contribution in [3.8, 4) is 0 Å². The molecule has 116 valence electrons. The smallest absolute Gasteiger partial charge is 0.321 e. The molecule has 1 aromatic rings. The summed E-state index contributed by atoms with van der Waals surface area (Å²) in [5, 5.41) is 11.8. The van der Waals surface area contributed by atoms with Crippen molar-refractivity contribution in [2.45, 2.75) is 37.6 Å². The Labute approximate surface area is 129 Å². The van der Waals surface area contributed by atoms with Crippen molar-refractivity contribution in [1.82, 2.24) is 5.32 Å². The quantitative estimate of drug-likeness (QED) is 0.714. The number of hydrogen-bond donors (Lipinski definition) is 3. The number of thioether (sulfide) groups is 1. The van der Waals surface area contributed by atoms with E-state index in [2.05, 4.69) is 5.32 Å². The summed E-state index contributed by atoms with van der Waals surface area (Å²) in [4.78, 5) is 22.9. The highest BCUT2D eigenvalue weighted by atomic mass is 32.2. The van der Waals surface area contributed by atoms with E-state index in [1.165, 1.54) is 11.8 Å². The highest BCUT2D eigenvalue weighted by molar-refractivity contribution is 8.01. The van der Waals surface area contributed by atoms with Crippen LogP contribution in [0.25, 0.3) is 0 Å². The number of carboxylic acid groups (broad SMARTS) is 1. The van der Waals surface area contributed by atoms with E-state index in [4.69, 9.17) is 10.8 Å². The lowest BCUT2D eigenvalue weighted by atomic mass is 10.1. The van der Waals surface area contributed by atoms with Gasteiger partial charge in [-0.25, -0.2) is 0 Å². The first kappa shape index (κ1) is 17.5. The summed E-state index contributed by atoms with van der Waals surface area (Å²) in [7, 11) is 0. The fraction of sp³-hybridized carbons (Fsp3) is 0.467. The van der Waals surface area contributed by atoms with Gasteiger partial charge in [-0.3, -0.25) is 9.59 Å². The van der Waals surface area contributed by atoms with Gasteiger partial charge in [0, 0.05) is 4.75 Å². The number of carboxylic acids is 1. The summed E-state index contributed by atoms with van der Waals surface area (Å²) in [6.45, 7) is 5.36. The Balaban J connectivity index is 2.49. The Hall–Kier alpha value is -1.53. The number of rotatable bonds is 7. The summed E-state index contributed by atoms with van der Waals surface area (Å²) in [6.07, 6.45) is 0. The molecule has 0 heterocycles. The predicted molar refractivity (Wildman–Crippen MR) is 85.1 cm³/mol. The zero-order valence-electron chi connectivity index (χ0n) is 12.5. The van der Waals surface area contributed by atoms with Crippen molar-refractivity contribution < 1.29 is 14.7 Å². The third-order valence-corrected chi connectivity index (χ3v) is 4.67. The molecule has 1 unspecified atom stereocenters. The number of amides is 1. The Kier molecular flexibility index (Phi) is 6.23. The van der Waals surface area contributed by atoms with Crippen LogP contribution in [0, 0.1) is 0 Å². The van der Waals surface area contributed by atoms with Gasteiger partial charge in [0.05, 0.1) is 11.8 Å². The van der Waals surface area contributed by atoms with Crippen LogP contribution in [0.2, 0.25) is 0 Å². The van der Waals surface area contributed by atoms with Gasteiger partial charge in [0.1, 0.15) is 6.04 Å². The third-order valence-electron chi connectivity index (χ3n) is 3.27. The van der Waals surface area contributed by atoms with Crippen LogP contribution in [0.4, 0.5) is 0 Å². The average molecular weight is 310 g/mol. The Morgan fingerprint density at radius 3 is 2.43 bits per heavy atom. The maximum Gasteiger partial charge on any atom is 0.321 e. The molecule has 0 aliphatic rings. The van der Waals surface area contributed by atoms with Crippen LogP contribution >= 0.6 is 11.8 Å². The van der Waals surface area contributed by atoms with Gasteiger partial charge in [-0.1, -0.05) is 30.3 Å².